The number of hydrogen-bond acceptors (Lipinski definition) is 12. The van der Waals surface area contributed by atoms with Gasteiger partial charge >= 0.3 is 0 Å². The summed E-state index contributed by atoms with van der Waals surface area (Å²) in [5.74, 6) is 0.793. The molecule has 0 spiro atoms. The van der Waals surface area contributed by atoms with Crippen LogP contribution in [0.1, 0.15) is 11.8 Å². The predicted molar refractivity (Wildman–Crippen MR) is 124 cm³/mol. The summed E-state index contributed by atoms with van der Waals surface area (Å²) in [6.45, 7) is -0.536. The molecule has 0 bridgehead atoms. The Morgan fingerprint density at radius 3 is 2.65 bits per heavy atom. The molecule has 0 radical (unpaired) electrons. The molecule has 0 unspecified atom stereocenters. The molecule has 0 saturated carbocycles. The molecule has 0 aliphatic carbocycles. The number of imidazole rings is 1. The number of nitrogens with zero attached hydrogens (tertiary/aromatic N) is 4. The Morgan fingerprint density at radius 2 is 2.00 bits per heavy atom. The summed E-state index contributed by atoms with van der Waals surface area (Å²) in [7, 11) is 3.02. The van der Waals surface area contributed by atoms with Crippen molar-refractivity contribution in [2.24, 2.45) is 5.10 Å². The number of aromatic amines is 1. The van der Waals surface area contributed by atoms with Crippen LogP contribution in [0.4, 0.5) is 11.9 Å². The van der Waals surface area contributed by atoms with E-state index in [0.29, 0.717) is 21.5 Å². The van der Waals surface area contributed by atoms with Crippen molar-refractivity contribution < 1.29 is 29.5 Å². The van der Waals surface area contributed by atoms with E-state index in [9.17, 15) is 20.1 Å². The number of rotatable bonds is 7. The Morgan fingerprint density at radius 1 is 1.29 bits per heavy atom. The van der Waals surface area contributed by atoms with Crippen LogP contribution in [0, 0.1) is 0 Å². The van der Waals surface area contributed by atoms with Gasteiger partial charge in [0.1, 0.15) is 18.3 Å². The molecular weight excluding hydrogens is 518 g/mol. The van der Waals surface area contributed by atoms with E-state index in [2.05, 4.69) is 41.4 Å². The number of anilines is 2. The van der Waals surface area contributed by atoms with Crippen LogP contribution in [0.2, 0.25) is 0 Å². The van der Waals surface area contributed by atoms with Crippen molar-refractivity contribution in [3.05, 3.63) is 32.5 Å². The summed E-state index contributed by atoms with van der Waals surface area (Å²) in [6, 6.07) is 3.40. The normalized spacial score (nSPS) is 22.5. The molecule has 3 aromatic rings. The lowest BCUT2D eigenvalue weighted by molar-refractivity contribution is -0.0501. The first-order valence-corrected chi connectivity index (χ1v) is 10.7. The molecule has 7 N–H and O–H groups in total. The minimum absolute atomic E-state index is 0.0129. The smallest absolute Gasteiger partial charge is 0.280 e. The van der Waals surface area contributed by atoms with Gasteiger partial charge in [0.15, 0.2) is 28.9 Å². The number of hydrogen-bond donors (Lipinski definition) is 6. The largest absolute Gasteiger partial charge is 0.493 e. The van der Waals surface area contributed by atoms with Crippen LogP contribution in [0.25, 0.3) is 11.2 Å². The second kappa shape index (κ2) is 9.55. The van der Waals surface area contributed by atoms with Crippen LogP contribution in [-0.4, -0.2) is 80.2 Å². The third kappa shape index (κ3) is 4.19. The molecule has 1 aromatic carbocycles. The van der Waals surface area contributed by atoms with E-state index >= 15 is 0 Å². The first-order chi connectivity index (χ1) is 16.3. The van der Waals surface area contributed by atoms with E-state index in [0.717, 1.165) is 0 Å². The lowest BCUT2D eigenvalue weighted by Gasteiger charge is -2.18. The zero-order valence-corrected chi connectivity index (χ0v) is 19.6. The number of aliphatic hydroxyl groups excluding tert-OH is 3. The highest BCUT2D eigenvalue weighted by Crippen LogP contribution is 2.34. The van der Waals surface area contributed by atoms with E-state index in [4.69, 9.17) is 19.9 Å². The van der Waals surface area contributed by atoms with E-state index in [1.807, 2.05) is 0 Å². The maximum Gasteiger partial charge on any atom is 0.280 e. The lowest BCUT2D eigenvalue weighted by Crippen LogP contribution is -2.33. The molecule has 14 nitrogen and oxygen atoms in total. The topological polar surface area (TPSA) is 202 Å². The molecule has 1 aliphatic rings. The highest BCUT2D eigenvalue weighted by atomic mass is 79.9. The van der Waals surface area contributed by atoms with E-state index in [1.54, 1.807) is 12.1 Å². The van der Waals surface area contributed by atoms with Crippen LogP contribution in [0.15, 0.2) is 26.5 Å². The van der Waals surface area contributed by atoms with Gasteiger partial charge in [-0.3, -0.25) is 14.3 Å². The van der Waals surface area contributed by atoms with Crippen molar-refractivity contribution in [1.82, 2.24) is 19.5 Å². The molecule has 15 heteroatoms. The van der Waals surface area contributed by atoms with Crippen LogP contribution >= 0.6 is 15.9 Å². The number of nitrogens with one attached hydrogen (secondary N) is 2. The fourth-order valence-electron chi connectivity index (χ4n) is 3.54. The number of methoxy groups -OCH3 is 2. The monoisotopic (exact) mass is 539 g/mol. The van der Waals surface area contributed by atoms with Gasteiger partial charge in [0.2, 0.25) is 11.9 Å². The SMILES string of the molecule is COc1cc(Br)c(/C=N\Nc2nc3c(=O)[nH]c(N)nc3n2[C@@H]2O[C@H](CO)[C@@H](O)[C@@H]2O)cc1OC. The van der Waals surface area contributed by atoms with Crippen molar-refractivity contribution in [3.8, 4) is 11.5 Å². The summed E-state index contributed by atoms with van der Waals surface area (Å²) in [6.07, 6.45) is -3.68. The van der Waals surface area contributed by atoms with Gasteiger partial charge in [0.25, 0.3) is 5.56 Å². The quantitative estimate of drug-likeness (QED) is 0.167. The summed E-state index contributed by atoms with van der Waals surface area (Å²) in [5.41, 5.74) is 8.27. The molecule has 182 valence electrons. The van der Waals surface area contributed by atoms with Crippen molar-refractivity contribution >= 4 is 45.2 Å². The standard InChI is InChI=1S/C19H22BrN7O7/c1-32-9-3-7(8(20)4-10(9)33-2)5-22-26-19-23-12-15(24-18(21)25-16(12)31)27(19)17-14(30)13(29)11(6-28)34-17/h3-5,11,13-14,17,28-30H,6H2,1-2H3,(H,23,26)(H3,21,24,25,31)/b22-5-/t11-,13-,14+,17-/m1/s1. The molecule has 4 rings (SSSR count). The summed E-state index contributed by atoms with van der Waals surface area (Å²) >= 11 is 3.43. The minimum Gasteiger partial charge on any atom is -0.493 e. The Bertz CT molecular complexity index is 1290. The first kappa shape index (κ1) is 23.9. The zero-order valence-electron chi connectivity index (χ0n) is 18.0. The summed E-state index contributed by atoms with van der Waals surface area (Å²) < 4.78 is 18.1. The molecule has 1 aliphatic heterocycles. The average Bonchev–Trinajstić information content (AvgIpc) is 3.31. The Balaban J connectivity index is 1.74. The van der Waals surface area contributed by atoms with Gasteiger partial charge in [-0.25, -0.2) is 10.4 Å². The average molecular weight is 540 g/mol. The molecule has 3 heterocycles. The number of nitrogen functional groups attached to an aromatic ring is 1. The van der Waals surface area contributed by atoms with Crippen LogP contribution in [0.5, 0.6) is 11.5 Å². The van der Waals surface area contributed by atoms with Gasteiger partial charge in [-0.1, -0.05) is 0 Å². The number of aromatic nitrogens is 4. The number of nitrogens with two attached hydrogens (primary N) is 1. The maximum absolute atomic E-state index is 12.4. The third-order valence-corrected chi connectivity index (χ3v) is 5.90. The molecular formula is C19H22BrN7O7. The van der Waals surface area contributed by atoms with Crippen molar-refractivity contribution in [1.29, 1.82) is 0 Å². The number of benzene rings is 1. The molecule has 34 heavy (non-hydrogen) atoms. The minimum atomic E-state index is -1.46. The fourth-order valence-corrected chi connectivity index (χ4v) is 3.97. The van der Waals surface area contributed by atoms with Gasteiger partial charge in [0.05, 0.1) is 27.0 Å². The van der Waals surface area contributed by atoms with Crippen molar-refractivity contribution in [2.45, 2.75) is 24.5 Å². The number of fused-ring (bicyclic) bond motifs is 1. The fraction of sp³-hybridized carbons (Fsp3) is 0.368. The molecule has 4 atom stereocenters. The zero-order chi connectivity index (χ0) is 24.6. The summed E-state index contributed by atoms with van der Waals surface area (Å²) in [5, 5.41) is 34.3. The second-order valence-electron chi connectivity index (χ2n) is 7.26. The van der Waals surface area contributed by atoms with Gasteiger partial charge in [-0.15, -0.1) is 0 Å². The molecule has 0 amide bonds. The number of halogens is 1. The highest BCUT2D eigenvalue weighted by molar-refractivity contribution is 9.10. The Labute approximate surface area is 200 Å². The predicted octanol–water partition coefficient (Wildman–Crippen LogP) is -0.461. The molecule has 1 saturated heterocycles. The van der Waals surface area contributed by atoms with Crippen LogP contribution < -0.4 is 26.2 Å². The van der Waals surface area contributed by atoms with E-state index < -0.39 is 36.7 Å². The number of hydrazone groups is 1. The molecule has 1 fully saturated rings. The maximum atomic E-state index is 12.4. The van der Waals surface area contributed by atoms with Gasteiger partial charge in [-0.2, -0.15) is 10.1 Å². The number of aliphatic hydroxyl groups is 3. The second-order valence-corrected chi connectivity index (χ2v) is 8.11. The van der Waals surface area contributed by atoms with Crippen LogP contribution in [0.3, 0.4) is 0 Å². The first-order valence-electron chi connectivity index (χ1n) is 9.89. The third-order valence-electron chi connectivity index (χ3n) is 5.21. The summed E-state index contributed by atoms with van der Waals surface area (Å²) in [4.78, 5) is 23.0. The van der Waals surface area contributed by atoms with Gasteiger partial charge < -0.3 is 35.3 Å². The Hall–Kier alpha value is -3.24. The highest BCUT2D eigenvalue weighted by Gasteiger charge is 2.45. The molecule has 2 aromatic heterocycles. The van der Waals surface area contributed by atoms with Crippen molar-refractivity contribution in [3.63, 3.8) is 0 Å². The van der Waals surface area contributed by atoms with E-state index in [1.165, 1.54) is 25.0 Å². The Kier molecular flexibility index (Phi) is 6.72. The lowest BCUT2D eigenvalue weighted by atomic mass is 10.1. The number of ether oxygens (including phenoxy) is 3. The van der Waals surface area contributed by atoms with Gasteiger partial charge in [0, 0.05) is 10.0 Å². The van der Waals surface area contributed by atoms with Crippen molar-refractivity contribution in [2.75, 3.05) is 32.0 Å². The van der Waals surface area contributed by atoms with Gasteiger partial charge in [-0.05, 0) is 28.1 Å². The van der Waals surface area contributed by atoms with Crippen LogP contribution in [-0.2, 0) is 4.74 Å². The number of H-pyrrole nitrogens is 1. The van der Waals surface area contributed by atoms with E-state index in [-0.39, 0.29) is 23.1 Å².